The van der Waals surface area contributed by atoms with Crippen molar-refractivity contribution in [1.82, 2.24) is 9.13 Å². The topological polar surface area (TPSA) is 23.0 Å². The molecule has 0 aliphatic heterocycles. The summed E-state index contributed by atoms with van der Waals surface area (Å²) in [5.74, 6) is 0. The van der Waals surface area contributed by atoms with Crippen molar-refractivity contribution < 1.29 is 4.42 Å². The highest BCUT2D eigenvalue weighted by Gasteiger charge is 2.20. The molecule has 10 rings (SSSR count). The van der Waals surface area contributed by atoms with Gasteiger partial charge >= 0.3 is 0 Å². The van der Waals surface area contributed by atoms with Gasteiger partial charge in [-0.05, 0) is 65.4 Å². The van der Waals surface area contributed by atoms with Crippen molar-refractivity contribution >= 4 is 76.3 Å². The second-order valence-corrected chi connectivity index (χ2v) is 11.4. The normalized spacial score (nSPS) is 12.2. The summed E-state index contributed by atoms with van der Waals surface area (Å²) >= 11 is 0. The minimum absolute atomic E-state index is 0.902. The molecule has 0 radical (unpaired) electrons. The Morgan fingerprint density at radius 3 is 1.74 bits per heavy atom. The van der Waals surface area contributed by atoms with Gasteiger partial charge in [-0.2, -0.15) is 0 Å². The van der Waals surface area contributed by atoms with Crippen molar-refractivity contribution in [2.24, 2.45) is 0 Å². The van der Waals surface area contributed by atoms with Crippen LogP contribution in [0.2, 0.25) is 0 Å². The van der Waals surface area contributed by atoms with Gasteiger partial charge < -0.3 is 13.6 Å². The van der Waals surface area contributed by atoms with Gasteiger partial charge in [0.15, 0.2) is 5.58 Å². The number of nitrogens with zero attached hydrogens (tertiary/aromatic N) is 2. The molecule has 0 amide bonds. The van der Waals surface area contributed by atoms with Crippen LogP contribution in [0.1, 0.15) is 0 Å². The van der Waals surface area contributed by atoms with Gasteiger partial charge in [0.05, 0.1) is 27.8 Å². The van der Waals surface area contributed by atoms with E-state index < -0.39 is 0 Å². The first-order valence-electron chi connectivity index (χ1n) is 14.7. The molecule has 10 aromatic rings. The maximum absolute atomic E-state index is 6.72. The molecular weight excluding hydrogens is 524 g/mol. The Balaban J connectivity index is 1.36. The van der Waals surface area contributed by atoms with Crippen LogP contribution in [-0.4, -0.2) is 9.13 Å². The SMILES string of the molecule is c1ccc(-n2c3ccccc3c3cc4c5ccccc5n(-c5cccc6c5oc5cc7ccccc7cc56)c4cc32)cc1. The van der Waals surface area contributed by atoms with Gasteiger partial charge in [0.1, 0.15) is 5.58 Å². The van der Waals surface area contributed by atoms with Crippen molar-refractivity contribution in [3.05, 3.63) is 146 Å². The number of rotatable bonds is 2. The van der Waals surface area contributed by atoms with Crippen molar-refractivity contribution in [2.45, 2.75) is 0 Å². The average Bonchev–Trinajstić information content (AvgIpc) is 3.70. The molecule has 0 spiro atoms. The highest BCUT2D eigenvalue weighted by molar-refractivity contribution is 6.20. The number of para-hydroxylation sites is 4. The van der Waals surface area contributed by atoms with Crippen molar-refractivity contribution in [1.29, 1.82) is 0 Å². The van der Waals surface area contributed by atoms with Crippen molar-refractivity contribution in [2.75, 3.05) is 0 Å². The van der Waals surface area contributed by atoms with Crippen LogP contribution in [0.5, 0.6) is 0 Å². The van der Waals surface area contributed by atoms with Gasteiger partial charge in [-0.3, -0.25) is 0 Å². The maximum atomic E-state index is 6.72. The van der Waals surface area contributed by atoms with E-state index in [1.54, 1.807) is 0 Å². The lowest BCUT2D eigenvalue weighted by atomic mass is 10.1. The Labute approximate surface area is 246 Å². The van der Waals surface area contributed by atoms with Crippen LogP contribution in [0, 0.1) is 0 Å². The molecule has 0 N–H and O–H groups in total. The van der Waals surface area contributed by atoms with Crippen molar-refractivity contribution in [3.8, 4) is 11.4 Å². The maximum Gasteiger partial charge on any atom is 0.159 e. The molecular formula is C40H24N2O. The number of aromatic nitrogens is 2. The molecule has 43 heavy (non-hydrogen) atoms. The summed E-state index contributed by atoms with van der Waals surface area (Å²) in [6.07, 6.45) is 0. The first-order valence-corrected chi connectivity index (χ1v) is 14.7. The number of fused-ring (bicyclic) bond motifs is 10. The highest BCUT2D eigenvalue weighted by Crippen LogP contribution is 2.42. The fraction of sp³-hybridized carbons (Fsp3) is 0. The molecule has 0 aliphatic rings. The van der Waals surface area contributed by atoms with E-state index in [1.807, 2.05) is 0 Å². The van der Waals surface area contributed by atoms with E-state index in [9.17, 15) is 0 Å². The van der Waals surface area contributed by atoms with Crippen molar-refractivity contribution in [3.63, 3.8) is 0 Å². The van der Waals surface area contributed by atoms with Gasteiger partial charge in [-0.25, -0.2) is 0 Å². The Hall–Kier alpha value is -5.80. The van der Waals surface area contributed by atoms with Crippen LogP contribution >= 0.6 is 0 Å². The molecule has 0 atom stereocenters. The summed E-state index contributed by atoms with van der Waals surface area (Å²) in [4.78, 5) is 0. The molecule has 200 valence electrons. The van der Waals surface area contributed by atoms with Gasteiger partial charge in [-0.1, -0.05) is 91.0 Å². The largest absolute Gasteiger partial charge is 0.454 e. The van der Waals surface area contributed by atoms with E-state index in [0.29, 0.717) is 0 Å². The second kappa shape index (κ2) is 8.37. The molecule has 0 unspecified atom stereocenters. The molecule has 0 aliphatic carbocycles. The number of benzene rings is 7. The molecule has 3 heteroatoms. The van der Waals surface area contributed by atoms with E-state index in [0.717, 1.165) is 38.8 Å². The van der Waals surface area contributed by atoms with E-state index in [1.165, 1.54) is 48.9 Å². The molecule has 0 saturated heterocycles. The molecule has 0 fully saturated rings. The van der Waals surface area contributed by atoms with Crippen LogP contribution in [0.4, 0.5) is 0 Å². The molecule has 0 bridgehead atoms. The lowest BCUT2D eigenvalue weighted by Crippen LogP contribution is -1.96. The third kappa shape index (κ3) is 3.08. The molecule has 3 nitrogen and oxygen atoms in total. The van der Waals surface area contributed by atoms with Crippen LogP contribution in [0.15, 0.2) is 150 Å². The summed E-state index contributed by atoms with van der Waals surface area (Å²) in [5, 5.41) is 9.65. The minimum Gasteiger partial charge on any atom is -0.454 e. The molecule has 3 heterocycles. The number of hydrogen-bond donors (Lipinski definition) is 0. The lowest BCUT2D eigenvalue weighted by molar-refractivity contribution is 0.667. The summed E-state index contributed by atoms with van der Waals surface area (Å²) in [5.41, 5.74) is 8.73. The monoisotopic (exact) mass is 548 g/mol. The zero-order chi connectivity index (χ0) is 28.1. The average molecular weight is 549 g/mol. The number of hydrogen-bond acceptors (Lipinski definition) is 1. The molecule has 0 saturated carbocycles. The Bertz CT molecular complexity index is 2720. The van der Waals surface area contributed by atoms with Crippen LogP contribution < -0.4 is 0 Å². The van der Waals surface area contributed by atoms with Gasteiger partial charge in [0, 0.05) is 38.0 Å². The summed E-state index contributed by atoms with van der Waals surface area (Å²) < 4.78 is 11.5. The Morgan fingerprint density at radius 2 is 0.977 bits per heavy atom. The van der Waals surface area contributed by atoms with E-state index in [2.05, 4.69) is 155 Å². The Kier molecular flexibility index (Phi) is 4.45. The first-order chi connectivity index (χ1) is 21.3. The summed E-state index contributed by atoms with van der Waals surface area (Å²) in [7, 11) is 0. The molecule has 3 aromatic heterocycles. The summed E-state index contributed by atoms with van der Waals surface area (Å²) in [6.45, 7) is 0. The zero-order valence-electron chi connectivity index (χ0n) is 23.2. The van der Waals surface area contributed by atoms with E-state index in [4.69, 9.17) is 4.42 Å². The quantitative estimate of drug-likeness (QED) is 0.211. The zero-order valence-corrected chi connectivity index (χ0v) is 23.2. The third-order valence-corrected chi connectivity index (χ3v) is 9.07. The van der Waals surface area contributed by atoms with E-state index in [-0.39, 0.29) is 0 Å². The minimum atomic E-state index is 0.902. The van der Waals surface area contributed by atoms with Gasteiger partial charge in [-0.15, -0.1) is 0 Å². The smallest absolute Gasteiger partial charge is 0.159 e. The van der Waals surface area contributed by atoms with Crippen LogP contribution in [-0.2, 0) is 0 Å². The molecule has 7 aromatic carbocycles. The summed E-state index contributed by atoms with van der Waals surface area (Å²) in [6, 6.07) is 52.3. The van der Waals surface area contributed by atoms with Gasteiger partial charge in [0.2, 0.25) is 0 Å². The van der Waals surface area contributed by atoms with Crippen LogP contribution in [0.25, 0.3) is 87.7 Å². The van der Waals surface area contributed by atoms with E-state index >= 15 is 0 Å². The predicted molar refractivity (Wildman–Crippen MR) is 180 cm³/mol. The van der Waals surface area contributed by atoms with Gasteiger partial charge in [0.25, 0.3) is 0 Å². The standard InChI is InChI=1S/C40H24N2O/c1-2-13-27(14-3-1)41-34-18-8-6-15-28(34)31-23-32-29-16-7-9-19-35(29)42(38(32)24-37(31)41)36-20-10-17-30-33-21-25-11-4-5-12-26(25)22-39(33)43-40(30)36/h1-24H. The van der Waals surface area contributed by atoms with Crippen LogP contribution in [0.3, 0.4) is 0 Å². The first kappa shape index (κ1) is 22.8. The predicted octanol–water partition coefficient (Wildman–Crippen LogP) is 10.9. The lowest BCUT2D eigenvalue weighted by Gasteiger charge is -2.10. The number of furan rings is 1. The highest BCUT2D eigenvalue weighted by atomic mass is 16.3. The second-order valence-electron chi connectivity index (χ2n) is 11.4. The fourth-order valence-corrected chi connectivity index (χ4v) is 7.19. The fourth-order valence-electron chi connectivity index (χ4n) is 7.19. The third-order valence-electron chi connectivity index (χ3n) is 9.07. The Morgan fingerprint density at radius 1 is 0.372 bits per heavy atom.